The van der Waals surface area contributed by atoms with E-state index in [9.17, 15) is 0 Å². The average Bonchev–Trinajstić information content (AvgIpc) is 2.46. The molecule has 0 amide bonds. The molecule has 0 unspecified atom stereocenters. The lowest BCUT2D eigenvalue weighted by Crippen LogP contribution is -2.04. The van der Waals surface area contributed by atoms with Crippen molar-refractivity contribution < 1.29 is 0 Å². The van der Waals surface area contributed by atoms with Crippen LogP contribution in [0.4, 0.5) is 5.95 Å². The highest BCUT2D eigenvalue weighted by Gasteiger charge is 2.06. The van der Waals surface area contributed by atoms with Gasteiger partial charge in [-0.15, -0.1) is 0 Å². The molecule has 0 saturated carbocycles. The molecule has 0 aromatic carbocycles. The van der Waals surface area contributed by atoms with Crippen molar-refractivity contribution in [1.82, 2.24) is 19.5 Å². The van der Waals surface area contributed by atoms with Gasteiger partial charge in [-0.25, -0.2) is 9.97 Å². The predicted octanol–water partition coefficient (Wildman–Crippen LogP) is 1.17. The van der Waals surface area contributed by atoms with Crippen molar-refractivity contribution >= 4 is 5.95 Å². The average molecular weight is 203 g/mol. The topological polar surface area (TPSA) is 69.6 Å². The zero-order chi connectivity index (χ0) is 11.0. The second kappa shape index (κ2) is 3.34. The van der Waals surface area contributed by atoms with E-state index in [2.05, 4.69) is 15.0 Å². The summed E-state index contributed by atoms with van der Waals surface area (Å²) in [4.78, 5) is 12.4. The van der Waals surface area contributed by atoms with Gasteiger partial charge in [0.2, 0.25) is 5.95 Å². The standard InChI is InChI=1S/C10H13N5/c1-6-4-9(14-10(11)13-6)15-5-12-7(2)8(15)3/h4-5H,1-3H3,(H2,11,13,14). The Balaban J connectivity index is 2.58. The van der Waals surface area contributed by atoms with E-state index in [1.807, 2.05) is 31.4 Å². The van der Waals surface area contributed by atoms with E-state index in [4.69, 9.17) is 5.73 Å². The van der Waals surface area contributed by atoms with Gasteiger partial charge in [0.15, 0.2) is 0 Å². The van der Waals surface area contributed by atoms with Gasteiger partial charge in [-0.1, -0.05) is 0 Å². The molecule has 0 radical (unpaired) electrons. The van der Waals surface area contributed by atoms with Gasteiger partial charge < -0.3 is 5.73 Å². The van der Waals surface area contributed by atoms with E-state index in [-0.39, 0.29) is 5.95 Å². The molecule has 2 heterocycles. The predicted molar refractivity (Wildman–Crippen MR) is 57.8 cm³/mol. The van der Waals surface area contributed by atoms with Crippen molar-refractivity contribution in [3.8, 4) is 5.82 Å². The Hall–Kier alpha value is -1.91. The van der Waals surface area contributed by atoms with Crippen LogP contribution in [0.1, 0.15) is 17.1 Å². The first-order chi connectivity index (χ1) is 7.08. The van der Waals surface area contributed by atoms with Crippen LogP contribution in [-0.4, -0.2) is 19.5 Å². The van der Waals surface area contributed by atoms with Crippen LogP contribution in [0.5, 0.6) is 0 Å². The largest absolute Gasteiger partial charge is 0.368 e. The Morgan fingerprint density at radius 1 is 1.20 bits per heavy atom. The highest BCUT2D eigenvalue weighted by molar-refractivity contribution is 5.34. The first kappa shape index (κ1) is 9.64. The smallest absolute Gasteiger partial charge is 0.222 e. The highest BCUT2D eigenvalue weighted by Crippen LogP contribution is 2.12. The maximum atomic E-state index is 5.60. The van der Waals surface area contributed by atoms with Crippen LogP contribution >= 0.6 is 0 Å². The van der Waals surface area contributed by atoms with Crippen LogP contribution in [0.15, 0.2) is 12.4 Å². The maximum Gasteiger partial charge on any atom is 0.222 e. The molecule has 5 nitrogen and oxygen atoms in total. The van der Waals surface area contributed by atoms with Crippen molar-refractivity contribution in [2.75, 3.05) is 5.73 Å². The molecule has 0 aliphatic heterocycles. The van der Waals surface area contributed by atoms with E-state index in [1.54, 1.807) is 6.33 Å². The summed E-state index contributed by atoms with van der Waals surface area (Å²) in [5, 5.41) is 0. The number of anilines is 1. The van der Waals surface area contributed by atoms with Crippen molar-refractivity contribution in [1.29, 1.82) is 0 Å². The molecule has 78 valence electrons. The molecule has 0 fully saturated rings. The number of aromatic nitrogens is 4. The monoisotopic (exact) mass is 203 g/mol. The van der Waals surface area contributed by atoms with Crippen LogP contribution in [-0.2, 0) is 0 Å². The number of aryl methyl sites for hydroxylation is 2. The van der Waals surface area contributed by atoms with Crippen LogP contribution in [0.25, 0.3) is 5.82 Å². The first-order valence-electron chi connectivity index (χ1n) is 4.70. The van der Waals surface area contributed by atoms with Gasteiger partial charge in [0.25, 0.3) is 0 Å². The third-order valence-corrected chi connectivity index (χ3v) is 2.36. The fourth-order valence-electron chi connectivity index (χ4n) is 1.43. The summed E-state index contributed by atoms with van der Waals surface area (Å²) in [5.74, 6) is 1.05. The SMILES string of the molecule is Cc1cc(-n2cnc(C)c2C)nc(N)n1. The second-order valence-corrected chi connectivity index (χ2v) is 3.51. The molecular weight excluding hydrogens is 190 g/mol. The molecule has 2 aromatic rings. The van der Waals surface area contributed by atoms with E-state index >= 15 is 0 Å². The number of nitrogens with zero attached hydrogens (tertiary/aromatic N) is 4. The van der Waals surface area contributed by atoms with Crippen LogP contribution in [0.3, 0.4) is 0 Å². The molecule has 0 saturated heterocycles. The van der Waals surface area contributed by atoms with Crippen LogP contribution in [0, 0.1) is 20.8 Å². The Bertz CT molecular complexity index is 480. The van der Waals surface area contributed by atoms with Crippen LogP contribution < -0.4 is 5.73 Å². The van der Waals surface area contributed by atoms with Crippen molar-refractivity contribution in [3.05, 3.63) is 29.5 Å². The maximum absolute atomic E-state index is 5.60. The number of rotatable bonds is 1. The number of hydrogen-bond acceptors (Lipinski definition) is 4. The molecule has 0 aliphatic rings. The minimum Gasteiger partial charge on any atom is -0.368 e. The van der Waals surface area contributed by atoms with Gasteiger partial charge in [0.1, 0.15) is 12.1 Å². The molecule has 0 atom stereocenters. The Morgan fingerprint density at radius 3 is 2.47 bits per heavy atom. The summed E-state index contributed by atoms with van der Waals surface area (Å²) in [7, 11) is 0. The molecule has 0 aliphatic carbocycles. The normalized spacial score (nSPS) is 10.6. The molecule has 2 rings (SSSR count). The Morgan fingerprint density at radius 2 is 1.93 bits per heavy atom. The lowest BCUT2D eigenvalue weighted by Gasteiger charge is -2.05. The summed E-state index contributed by atoms with van der Waals surface area (Å²) >= 11 is 0. The first-order valence-corrected chi connectivity index (χ1v) is 4.70. The number of imidazole rings is 1. The molecule has 0 spiro atoms. The second-order valence-electron chi connectivity index (χ2n) is 3.51. The molecule has 0 bridgehead atoms. The number of nitrogen functional groups attached to an aromatic ring is 1. The van der Waals surface area contributed by atoms with Crippen molar-refractivity contribution in [3.63, 3.8) is 0 Å². The van der Waals surface area contributed by atoms with Crippen molar-refractivity contribution in [2.24, 2.45) is 0 Å². The zero-order valence-corrected chi connectivity index (χ0v) is 9.02. The van der Waals surface area contributed by atoms with Gasteiger partial charge in [-0.3, -0.25) is 4.57 Å². The van der Waals surface area contributed by atoms with Gasteiger partial charge in [-0.05, 0) is 20.8 Å². The summed E-state index contributed by atoms with van der Waals surface area (Å²) < 4.78 is 1.90. The van der Waals surface area contributed by atoms with E-state index < -0.39 is 0 Å². The zero-order valence-electron chi connectivity index (χ0n) is 9.02. The van der Waals surface area contributed by atoms with E-state index in [1.165, 1.54) is 0 Å². The Kier molecular flexibility index (Phi) is 2.15. The molecular formula is C10H13N5. The van der Waals surface area contributed by atoms with Gasteiger partial charge in [-0.2, -0.15) is 4.98 Å². The third-order valence-electron chi connectivity index (χ3n) is 2.36. The quantitative estimate of drug-likeness (QED) is 0.755. The number of hydrogen-bond donors (Lipinski definition) is 1. The minimum atomic E-state index is 0.288. The minimum absolute atomic E-state index is 0.288. The van der Waals surface area contributed by atoms with Crippen molar-refractivity contribution in [2.45, 2.75) is 20.8 Å². The molecule has 2 N–H and O–H groups in total. The molecule has 5 heteroatoms. The lowest BCUT2D eigenvalue weighted by atomic mass is 10.3. The van der Waals surface area contributed by atoms with Gasteiger partial charge >= 0.3 is 0 Å². The summed E-state index contributed by atoms with van der Waals surface area (Å²) in [6.45, 7) is 5.85. The summed E-state index contributed by atoms with van der Waals surface area (Å²) in [6.07, 6.45) is 1.74. The highest BCUT2D eigenvalue weighted by atomic mass is 15.2. The lowest BCUT2D eigenvalue weighted by molar-refractivity contribution is 0.931. The van der Waals surface area contributed by atoms with E-state index in [0.717, 1.165) is 22.9 Å². The van der Waals surface area contributed by atoms with E-state index in [0.29, 0.717) is 0 Å². The fraction of sp³-hybridized carbons (Fsp3) is 0.300. The third kappa shape index (κ3) is 1.68. The fourth-order valence-corrected chi connectivity index (χ4v) is 1.43. The number of nitrogens with two attached hydrogens (primary N) is 1. The Labute approximate surface area is 88.0 Å². The molecule has 2 aromatic heterocycles. The summed E-state index contributed by atoms with van der Waals surface area (Å²) in [5.41, 5.74) is 8.50. The van der Waals surface area contributed by atoms with Crippen LogP contribution in [0.2, 0.25) is 0 Å². The van der Waals surface area contributed by atoms with Gasteiger partial charge in [0, 0.05) is 17.5 Å². The van der Waals surface area contributed by atoms with Gasteiger partial charge in [0.05, 0.1) is 5.69 Å². The summed E-state index contributed by atoms with van der Waals surface area (Å²) in [6, 6.07) is 1.88. The molecule has 15 heavy (non-hydrogen) atoms.